The summed E-state index contributed by atoms with van der Waals surface area (Å²) in [5.74, 6) is 0.795. The molecule has 138 valence electrons. The van der Waals surface area contributed by atoms with Gasteiger partial charge in [0.05, 0.1) is 0 Å². The zero-order chi connectivity index (χ0) is 19.0. The first-order valence-corrected chi connectivity index (χ1v) is 8.63. The lowest BCUT2D eigenvalue weighted by molar-refractivity contribution is 0.101. The van der Waals surface area contributed by atoms with Gasteiger partial charge in [0.25, 0.3) is 5.91 Å². The Bertz CT molecular complexity index is 1010. The number of benzene rings is 2. The van der Waals surface area contributed by atoms with Crippen LogP contribution in [0, 0.1) is 19.7 Å². The van der Waals surface area contributed by atoms with E-state index in [2.05, 4.69) is 5.32 Å². The highest BCUT2D eigenvalue weighted by Crippen LogP contribution is 2.34. The van der Waals surface area contributed by atoms with Crippen LogP contribution in [-0.2, 0) is 6.54 Å². The van der Waals surface area contributed by atoms with Gasteiger partial charge in [-0.1, -0.05) is 12.1 Å². The smallest absolute Gasteiger partial charge is 0.272 e. The van der Waals surface area contributed by atoms with Crippen molar-refractivity contribution in [1.82, 2.24) is 4.57 Å². The summed E-state index contributed by atoms with van der Waals surface area (Å²) in [6.07, 6.45) is 0. The first kappa shape index (κ1) is 17.1. The molecule has 1 aliphatic rings. The molecular weight excluding hydrogens is 347 g/mol. The number of carbonyl (C=O) groups is 1. The number of halogens is 1. The van der Waals surface area contributed by atoms with Crippen LogP contribution in [0.1, 0.15) is 27.3 Å². The second-order valence-corrected chi connectivity index (χ2v) is 6.55. The minimum atomic E-state index is -0.278. The number of nitrogens with one attached hydrogen (secondary N) is 1. The summed E-state index contributed by atoms with van der Waals surface area (Å²) in [6, 6.07) is 13.6. The molecule has 0 atom stereocenters. The maximum atomic E-state index is 13.2. The van der Waals surface area contributed by atoms with E-state index in [0.29, 0.717) is 29.4 Å². The fourth-order valence-electron chi connectivity index (χ4n) is 3.29. The number of nitrogens with zero attached hydrogens (tertiary/aromatic N) is 1. The molecular formula is C21H19FN2O3. The molecule has 0 saturated carbocycles. The monoisotopic (exact) mass is 366 g/mol. The maximum Gasteiger partial charge on any atom is 0.272 e. The normalized spacial score (nSPS) is 12.3. The summed E-state index contributed by atoms with van der Waals surface area (Å²) in [6.45, 7) is 4.53. The average Bonchev–Trinajstić information content (AvgIpc) is 3.20. The number of fused-ring (bicyclic) bond motifs is 1. The molecule has 1 aromatic heterocycles. The van der Waals surface area contributed by atoms with Gasteiger partial charge in [-0.3, -0.25) is 4.79 Å². The lowest BCUT2D eigenvalue weighted by Crippen LogP contribution is -2.19. The molecule has 1 N–H and O–H groups in total. The summed E-state index contributed by atoms with van der Waals surface area (Å²) in [5, 5.41) is 2.92. The summed E-state index contributed by atoms with van der Waals surface area (Å²) >= 11 is 0. The van der Waals surface area contributed by atoms with Gasteiger partial charge in [-0.25, -0.2) is 4.39 Å². The molecule has 2 heterocycles. The second-order valence-electron chi connectivity index (χ2n) is 6.55. The molecule has 6 heteroatoms. The highest BCUT2D eigenvalue weighted by Gasteiger charge is 2.19. The van der Waals surface area contributed by atoms with E-state index in [1.54, 1.807) is 30.3 Å². The molecule has 1 aliphatic heterocycles. The van der Waals surface area contributed by atoms with Gasteiger partial charge >= 0.3 is 0 Å². The second kappa shape index (κ2) is 6.79. The summed E-state index contributed by atoms with van der Waals surface area (Å²) in [7, 11) is 0. The number of aromatic nitrogens is 1. The lowest BCUT2D eigenvalue weighted by atomic mass is 10.2. The minimum absolute atomic E-state index is 0.186. The molecule has 1 amide bonds. The van der Waals surface area contributed by atoms with Crippen molar-refractivity contribution in [3.05, 3.63) is 76.9 Å². The quantitative estimate of drug-likeness (QED) is 0.750. The van der Waals surface area contributed by atoms with Crippen molar-refractivity contribution in [3.8, 4) is 11.5 Å². The summed E-state index contributed by atoms with van der Waals surface area (Å²) in [4.78, 5) is 12.9. The van der Waals surface area contributed by atoms with Crippen LogP contribution in [-0.4, -0.2) is 17.3 Å². The molecule has 0 radical (unpaired) electrons. The van der Waals surface area contributed by atoms with Gasteiger partial charge in [0, 0.05) is 24.0 Å². The molecule has 4 rings (SSSR count). The van der Waals surface area contributed by atoms with Crippen LogP contribution in [0.5, 0.6) is 11.5 Å². The predicted molar refractivity (Wildman–Crippen MR) is 99.9 cm³/mol. The average molecular weight is 366 g/mol. The number of aryl methyl sites for hydroxylation is 2. The predicted octanol–water partition coefficient (Wildman–Crippen LogP) is 4.27. The SMILES string of the molecule is Cc1cc(C)n(Cc2ccc(F)cc2)c1C(=O)Nc1ccc2c(c1)OCO2. The van der Waals surface area contributed by atoms with Crippen molar-refractivity contribution in [2.75, 3.05) is 12.1 Å². The molecule has 27 heavy (non-hydrogen) atoms. The largest absolute Gasteiger partial charge is 0.454 e. The van der Waals surface area contributed by atoms with Crippen LogP contribution in [0.25, 0.3) is 0 Å². The van der Waals surface area contributed by atoms with Gasteiger partial charge in [0.1, 0.15) is 11.5 Å². The Hall–Kier alpha value is -3.28. The van der Waals surface area contributed by atoms with Crippen LogP contribution in [0.15, 0.2) is 48.5 Å². The molecule has 0 bridgehead atoms. The van der Waals surface area contributed by atoms with Crippen molar-refractivity contribution < 1.29 is 18.7 Å². The van der Waals surface area contributed by atoms with Gasteiger partial charge in [-0.05, 0) is 55.3 Å². The molecule has 5 nitrogen and oxygen atoms in total. The first-order valence-electron chi connectivity index (χ1n) is 8.63. The van der Waals surface area contributed by atoms with E-state index < -0.39 is 0 Å². The number of carbonyl (C=O) groups excluding carboxylic acids is 1. The van der Waals surface area contributed by atoms with E-state index in [0.717, 1.165) is 16.8 Å². The van der Waals surface area contributed by atoms with Crippen molar-refractivity contribution in [2.24, 2.45) is 0 Å². The Kier molecular flexibility index (Phi) is 4.32. The molecule has 0 unspecified atom stereocenters. The summed E-state index contributed by atoms with van der Waals surface area (Å²) in [5.41, 5.74) is 3.98. The van der Waals surface area contributed by atoms with Crippen molar-refractivity contribution in [1.29, 1.82) is 0 Å². The van der Waals surface area contributed by atoms with Gasteiger partial charge in [0.15, 0.2) is 11.5 Å². The Morgan fingerprint density at radius 3 is 2.59 bits per heavy atom. The standard InChI is InChI=1S/C21H19FN2O3/c1-13-9-14(2)24(11-15-3-5-16(22)6-4-15)20(13)21(25)23-17-7-8-18-19(10-17)27-12-26-18/h3-10H,11-12H2,1-2H3,(H,23,25). The van der Waals surface area contributed by atoms with E-state index in [4.69, 9.17) is 9.47 Å². The molecule has 2 aromatic carbocycles. The van der Waals surface area contributed by atoms with E-state index in [9.17, 15) is 9.18 Å². The van der Waals surface area contributed by atoms with Crippen molar-refractivity contribution in [3.63, 3.8) is 0 Å². The topological polar surface area (TPSA) is 52.5 Å². The first-order chi connectivity index (χ1) is 13.0. The fraction of sp³-hybridized carbons (Fsp3) is 0.190. The Morgan fingerprint density at radius 1 is 1.07 bits per heavy atom. The maximum absolute atomic E-state index is 13.2. The van der Waals surface area contributed by atoms with Crippen molar-refractivity contribution in [2.45, 2.75) is 20.4 Å². The lowest BCUT2D eigenvalue weighted by Gasteiger charge is -2.13. The van der Waals surface area contributed by atoms with E-state index in [1.807, 2.05) is 24.5 Å². The van der Waals surface area contributed by atoms with Gasteiger partial charge in [0.2, 0.25) is 6.79 Å². The number of rotatable bonds is 4. The van der Waals surface area contributed by atoms with E-state index in [1.165, 1.54) is 12.1 Å². The van der Waals surface area contributed by atoms with Crippen LogP contribution in [0.2, 0.25) is 0 Å². The molecule has 0 aliphatic carbocycles. The zero-order valence-electron chi connectivity index (χ0n) is 15.1. The number of amides is 1. The third-order valence-electron chi connectivity index (χ3n) is 4.59. The number of hydrogen-bond donors (Lipinski definition) is 1. The third-order valence-corrected chi connectivity index (χ3v) is 4.59. The number of ether oxygens (including phenoxy) is 2. The minimum Gasteiger partial charge on any atom is -0.454 e. The van der Waals surface area contributed by atoms with Crippen molar-refractivity contribution >= 4 is 11.6 Å². The third kappa shape index (κ3) is 3.38. The van der Waals surface area contributed by atoms with Crippen LogP contribution in [0.3, 0.4) is 0 Å². The van der Waals surface area contributed by atoms with Gasteiger partial charge in [-0.2, -0.15) is 0 Å². The highest BCUT2D eigenvalue weighted by molar-refractivity contribution is 6.04. The Balaban J connectivity index is 1.60. The Labute approximate surface area is 156 Å². The van der Waals surface area contributed by atoms with E-state index in [-0.39, 0.29) is 18.5 Å². The van der Waals surface area contributed by atoms with Crippen LogP contribution >= 0.6 is 0 Å². The fourth-order valence-corrected chi connectivity index (χ4v) is 3.29. The molecule has 3 aromatic rings. The van der Waals surface area contributed by atoms with E-state index >= 15 is 0 Å². The number of hydrogen-bond acceptors (Lipinski definition) is 3. The summed E-state index contributed by atoms with van der Waals surface area (Å²) < 4.78 is 25.7. The molecule has 0 spiro atoms. The Morgan fingerprint density at radius 2 is 1.81 bits per heavy atom. The highest BCUT2D eigenvalue weighted by atomic mass is 19.1. The molecule has 0 fully saturated rings. The van der Waals surface area contributed by atoms with Gasteiger partial charge < -0.3 is 19.4 Å². The van der Waals surface area contributed by atoms with Crippen LogP contribution in [0.4, 0.5) is 10.1 Å². The van der Waals surface area contributed by atoms with Crippen LogP contribution < -0.4 is 14.8 Å². The molecule has 0 saturated heterocycles. The zero-order valence-corrected chi connectivity index (χ0v) is 15.1. The number of anilines is 1. The van der Waals surface area contributed by atoms with Gasteiger partial charge in [-0.15, -0.1) is 0 Å².